The number of benzene rings is 1. The number of hydrogen-bond donors (Lipinski definition) is 1. The number of para-hydroxylation sites is 1. The fourth-order valence-electron chi connectivity index (χ4n) is 2.60. The molecule has 3 nitrogen and oxygen atoms in total. The Morgan fingerprint density at radius 3 is 2.95 bits per heavy atom. The Kier molecular flexibility index (Phi) is 5.14. The first-order valence-electron chi connectivity index (χ1n) is 6.69. The third-order valence-electron chi connectivity index (χ3n) is 3.54. The molecule has 1 saturated heterocycles. The first kappa shape index (κ1) is 14.3. The van der Waals surface area contributed by atoms with Crippen LogP contribution >= 0.6 is 12.4 Å². The van der Waals surface area contributed by atoms with Crippen molar-refractivity contribution in [3.8, 4) is 0 Å². The Morgan fingerprint density at radius 2 is 2.00 bits per heavy atom. The summed E-state index contributed by atoms with van der Waals surface area (Å²) in [7, 11) is 0. The number of pyridine rings is 1. The largest absolute Gasteiger partial charge is 0.315 e. The van der Waals surface area contributed by atoms with Gasteiger partial charge in [-0.25, -0.2) is 0 Å². The van der Waals surface area contributed by atoms with Gasteiger partial charge < -0.3 is 5.32 Å². The Labute approximate surface area is 120 Å². The fraction of sp³-hybridized carbons (Fsp3) is 0.400. The van der Waals surface area contributed by atoms with E-state index in [2.05, 4.69) is 39.5 Å². The van der Waals surface area contributed by atoms with E-state index in [-0.39, 0.29) is 12.4 Å². The van der Waals surface area contributed by atoms with Crippen LogP contribution in [0.5, 0.6) is 0 Å². The fourth-order valence-corrected chi connectivity index (χ4v) is 2.60. The van der Waals surface area contributed by atoms with Crippen LogP contribution in [-0.2, 0) is 6.54 Å². The minimum absolute atomic E-state index is 0. The standard InChI is InChI=1S/C15H19N3.ClH/c1-4-13-6-2-8-17-15(13)14(5-1)12-18-10-3-7-16-9-11-18;/h1-2,4-6,8,16H,3,7,9-12H2;1H. The van der Waals surface area contributed by atoms with Crippen LogP contribution in [0, 0.1) is 0 Å². The molecule has 1 aliphatic rings. The van der Waals surface area contributed by atoms with Gasteiger partial charge in [0.2, 0.25) is 0 Å². The van der Waals surface area contributed by atoms with Gasteiger partial charge in [-0.2, -0.15) is 0 Å². The predicted octanol–water partition coefficient (Wildman–Crippen LogP) is 2.45. The third kappa shape index (κ3) is 3.44. The molecule has 1 aromatic carbocycles. The van der Waals surface area contributed by atoms with Crippen LogP contribution in [0.2, 0.25) is 0 Å². The monoisotopic (exact) mass is 277 g/mol. The minimum atomic E-state index is 0. The highest BCUT2D eigenvalue weighted by atomic mass is 35.5. The molecule has 1 fully saturated rings. The predicted molar refractivity (Wildman–Crippen MR) is 81.8 cm³/mol. The lowest BCUT2D eigenvalue weighted by Crippen LogP contribution is -2.27. The highest BCUT2D eigenvalue weighted by Crippen LogP contribution is 2.17. The van der Waals surface area contributed by atoms with Gasteiger partial charge >= 0.3 is 0 Å². The van der Waals surface area contributed by atoms with Crippen LogP contribution in [0.15, 0.2) is 36.5 Å². The molecule has 0 aliphatic carbocycles. The second-order valence-corrected chi connectivity index (χ2v) is 4.87. The highest BCUT2D eigenvalue weighted by molar-refractivity contribution is 5.85. The molecule has 0 spiro atoms. The van der Waals surface area contributed by atoms with Crippen molar-refractivity contribution >= 4 is 23.3 Å². The second-order valence-electron chi connectivity index (χ2n) is 4.87. The number of aromatic nitrogens is 1. The lowest BCUT2D eigenvalue weighted by Gasteiger charge is -2.20. The molecule has 2 aromatic rings. The van der Waals surface area contributed by atoms with E-state index < -0.39 is 0 Å². The molecule has 0 atom stereocenters. The first-order chi connectivity index (χ1) is 8.93. The van der Waals surface area contributed by atoms with Crippen molar-refractivity contribution in [3.05, 3.63) is 42.1 Å². The molecular formula is C15H20ClN3. The Bertz CT molecular complexity index is 516. The molecule has 0 bridgehead atoms. The van der Waals surface area contributed by atoms with E-state index in [1.807, 2.05) is 12.3 Å². The van der Waals surface area contributed by atoms with Crippen molar-refractivity contribution in [2.45, 2.75) is 13.0 Å². The molecule has 3 rings (SSSR count). The average Bonchev–Trinajstić information content (AvgIpc) is 2.68. The van der Waals surface area contributed by atoms with E-state index >= 15 is 0 Å². The zero-order chi connectivity index (χ0) is 12.2. The molecule has 1 aliphatic heterocycles. The van der Waals surface area contributed by atoms with E-state index in [1.54, 1.807) is 0 Å². The maximum atomic E-state index is 4.53. The summed E-state index contributed by atoms with van der Waals surface area (Å²) in [5.41, 5.74) is 2.49. The molecule has 19 heavy (non-hydrogen) atoms. The van der Waals surface area contributed by atoms with Crippen molar-refractivity contribution in [1.82, 2.24) is 15.2 Å². The van der Waals surface area contributed by atoms with Gasteiger partial charge in [-0.15, -0.1) is 12.4 Å². The van der Waals surface area contributed by atoms with Crippen molar-refractivity contribution < 1.29 is 0 Å². The molecule has 4 heteroatoms. The molecule has 2 heterocycles. The molecule has 0 saturated carbocycles. The van der Waals surface area contributed by atoms with E-state index in [0.717, 1.165) is 31.7 Å². The number of nitrogens with one attached hydrogen (secondary N) is 1. The smallest absolute Gasteiger partial charge is 0.0746 e. The third-order valence-corrected chi connectivity index (χ3v) is 3.54. The lowest BCUT2D eigenvalue weighted by molar-refractivity contribution is 0.285. The molecule has 0 amide bonds. The maximum Gasteiger partial charge on any atom is 0.0746 e. The van der Waals surface area contributed by atoms with Crippen molar-refractivity contribution in [1.29, 1.82) is 0 Å². The topological polar surface area (TPSA) is 28.2 Å². The molecule has 0 unspecified atom stereocenters. The summed E-state index contributed by atoms with van der Waals surface area (Å²) in [6, 6.07) is 10.6. The number of rotatable bonds is 2. The Hall–Kier alpha value is -1.16. The summed E-state index contributed by atoms with van der Waals surface area (Å²) in [6.07, 6.45) is 3.12. The second kappa shape index (κ2) is 6.85. The number of hydrogen-bond acceptors (Lipinski definition) is 3. The van der Waals surface area contributed by atoms with Crippen molar-refractivity contribution in [2.75, 3.05) is 26.2 Å². The van der Waals surface area contributed by atoms with Gasteiger partial charge in [0, 0.05) is 31.2 Å². The van der Waals surface area contributed by atoms with Gasteiger partial charge in [0.15, 0.2) is 0 Å². The van der Waals surface area contributed by atoms with Gasteiger partial charge in [0.1, 0.15) is 0 Å². The summed E-state index contributed by atoms with van der Waals surface area (Å²) in [5, 5.41) is 4.68. The molecule has 0 radical (unpaired) electrons. The van der Waals surface area contributed by atoms with E-state index in [0.29, 0.717) is 0 Å². The van der Waals surface area contributed by atoms with Crippen molar-refractivity contribution in [2.24, 2.45) is 0 Å². The molecule has 1 N–H and O–H groups in total. The van der Waals surface area contributed by atoms with Crippen molar-refractivity contribution in [3.63, 3.8) is 0 Å². The Balaban J connectivity index is 0.00000133. The summed E-state index contributed by atoms with van der Waals surface area (Å²) in [6.45, 7) is 5.55. The summed E-state index contributed by atoms with van der Waals surface area (Å²) in [5.74, 6) is 0. The SMILES string of the molecule is Cl.c1cnc2c(CN3CCCNCC3)cccc2c1. The lowest BCUT2D eigenvalue weighted by atomic mass is 10.1. The van der Waals surface area contributed by atoms with Gasteiger partial charge in [0.25, 0.3) is 0 Å². The molecular weight excluding hydrogens is 258 g/mol. The van der Waals surface area contributed by atoms with Crippen LogP contribution in [0.3, 0.4) is 0 Å². The quantitative estimate of drug-likeness (QED) is 0.914. The van der Waals surface area contributed by atoms with Gasteiger partial charge in [-0.3, -0.25) is 9.88 Å². The number of nitrogens with zero attached hydrogens (tertiary/aromatic N) is 2. The molecule has 1 aromatic heterocycles. The van der Waals surface area contributed by atoms with Crippen LogP contribution in [0.25, 0.3) is 10.9 Å². The van der Waals surface area contributed by atoms with Crippen LogP contribution < -0.4 is 5.32 Å². The Morgan fingerprint density at radius 1 is 1.11 bits per heavy atom. The normalized spacial score (nSPS) is 16.8. The van der Waals surface area contributed by atoms with Crippen LogP contribution in [0.4, 0.5) is 0 Å². The van der Waals surface area contributed by atoms with Gasteiger partial charge in [-0.1, -0.05) is 24.3 Å². The minimum Gasteiger partial charge on any atom is -0.315 e. The van der Waals surface area contributed by atoms with Crippen LogP contribution in [0.1, 0.15) is 12.0 Å². The van der Waals surface area contributed by atoms with Gasteiger partial charge in [0.05, 0.1) is 5.52 Å². The van der Waals surface area contributed by atoms with Crippen LogP contribution in [-0.4, -0.2) is 36.1 Å². The summed E-state index contributed by atoms with van der Waals surface area (Å²) < 4.78 is 0. The van der Waals surface area contributed by atoms with E-state index in [4.69, 9.17) is 0 Å². The van der Waals surface area contributed by atoms with E-state index in [9.17, 15) is 0 Å². The van der Waals surface area contributed by atoms with Gasteiger partial charge in [-0.05, 0) is 31.1 Å². The molecule has 102 valence electrons. The number of halogens is 1. The summed E-state index contributed by atoms with van der Waals surface area (Å²) >= 11 is 0. The average molecular weight is 278 g/mol. The number of fused-ring (bicyclic) bond motifs is 1. The maximum absolute atomic E-state index is 4.53. The van der Waals surface area contributed by atoms with E-state index in [1.165, 1.54) is 23.9 Å². The highest BCUT2D eigenvalue weighted by Gasteiger charge is 2.10. The first-order valence-corrected chi connectivity index (χ1v) is 6.69. The zero-order valence-electron chi connectivity index (χ0n) is 11.0. The summed E-state index contributed by atoms with van der Waals surface area (Å²) in [4.78, 5) is 7.05. The zero-order valence-corrected chi connectivity index (χ0v) is 11.8.